The molecule has 2 aliphatic rings. The minimum Gasteiger partial charge on any atom is -0.453 e. The molecule has 5 N–H and O–H groups in total. The van der Waals surface area contributed by atoms with Crippen LogP contribution >= 0.6 is 0 Å². The quantitative estimate of drug-likeness (QED) is 0.145. The van der Waals surface area contributed by atoms with Crippen molar-refractivity contribution in [2.75, 3.05) is 26.7 Å². The fourth-order valence-electron chi connectivity index (χ4n) is 7.70. The number of hydrogen-bond donors (Lipinski definition) is 5. The molecular weight excluding hydrogens is 686 g/mol. The minimum atomic E-state index is -1.09. The Hall–Kier alpha value is -4.23. The Kier molecular flexibility index (Phi) is 15.7. The first-order valence-corrected chi connectivity index (χ1v) is 19.6. The molecule has 1 aromatic carbocycles. The molecule has 2 fully saturated rings. The van der Waals surface area contributed by atoms with Gasteiger partial charge in [0.1, 0.15) is 6.04 Å². The van der Waals surface area contributed by atoms with E-state index in [0.29, 0.717) is 31.8 Å². The van der Waals surface area contributed by atoms with Crippen molar-refractivity contribution in [3.63, 3.8) is 0 Å². The zero-order chi connectivity index (χ0) is 39.4. The van der Waals surface area contributed by atoms with Crippen LogP contribution in [0.1, 0.15) is 90.1 Å². The molecule has 0 bridgehead atoms. The Morgan fingerprint density at radius 3 is 2.37 bits per heavy atom. The van der Waals surface area contributed by atoms with Gasteiger partial charge in [-0.05, 0) is 61.1 Å². The number of aryl methyl sites for hydroxylation is 1. The van der Waals surface area contributed by atoms with Crippen molar-refractivity contribution < 1.29 is 29.0 Å². The molecule has 6 atom stereocenters. The van der Waals surface area contributed by atoms with Crippen LogP contribution in [0.3, 0.4) is 0 Å². The molecule has 1 aromatic heterocycles. The van der Waals surface area contributed by atoms with Crippen LogP contribution in [0, 0.1) is 30.1 Å². The third kappa shape index (κ3) is 12.1. The summed E-state index contributed by atoms with van der Waals surface area (Å²) in [6, 6.07) is 13.1. The molecule has 298 valence electrons. The summed E-state index contributed by atoms with van der Waals surface area (Å²) in [6.07, 6.45) is 4.65. The van der Waals surface area contributed by atoms with Crippen molar-refractivity contribution in [3.05, 3.63) is 65.5 Å². The number of aromatic nitrogens is 1. The van der Waals surface area contributed by atoms with Crippen LogP contribution in [0.5, 0.6) is 0 Å². The number of nitrogens with zero attached hydrogens (tertiary/aromatic N) is 3. The maximum absolute atomic E-state index is 14.6. The number of pyridine rings is 1. The van der Waals surface area contributed by atoms with Crippen molar-refractivity contribution in [2.24, 2.45) is 23.2 Å². The predicted molar refractivity (Wildman–Crippen MR) is 208 cm³/mol. The van der Waals surface area contributed by atoms with E-state index in [1.54, 1.807) is 9.91 Å². The molecule has 0 radical (unpaired) electrons. The summed E-state index contributed by atoms with van der Waals surface area (Å²) in [6.45, 7) is 12.7. The lowest BCUT2D eigenvalue weighted by atomic mass is 9.83. The second-order valence-corrected chi connectivity index (χ2v) is 16.3. The van der Waals surface area contributed by atoms with Crippen molar-refractivity contribution in [1.29, 1.82) is 0 Å². The molecule has 1 saturated heterocycles. The molecule has 1 aliphatic carbocycles. The van der Waals surface area contributed by atoms with Gasteiger partial charge in [-0.15, -0.1) is 0 Å². The molecule has 4 rings (SSSR count). The number of carbonyl (C=O) groups excluding carboxylic acids is 4. The minimum absolute atomic E-state index is 0.0394. The number of hydrogen-bond acceptors (Lipinski definition) is 8. The maximum atomic E-state index is 14.6. The van der Waals surface area contributed by atoms with E-state index in [2.05, 4.69) is 26.4 Å². The standard InChI is InChI=1S/C41H63N7O6/c1-8-27(2)35(33-23-42-39(52)48(33)25-31-21-15-16-28(3)43-31)37(50)44-32(22-29-17-11-9-12-18-29)34(49)26-47(24-30-19-13-10-14-20-30)46-38(51)36(41(4,5)6)45-40(53)54-7/h9,11-12,15-18,21,27,30,32-36,49H,8,10,13-14,19-20,22-26H2,1-7H3,(H,42,52)(H,44,50)(H,45,53)(H,46,51). The number of urea groups is 1. The van der Waals surface area contributed by atoms with Crippen LogP contribution in [0.2, 0.25) is 0 Å². The summed E-state index contributed by atoms with van der Waals surface area (Å²) >= 11 is 0. The largest absolute Gasteiger partial charge is 0.453 e. The molecular formula is C41H63N7O6. The van der Waals surface area contributed by atoms with Crippen molar-refractivity contribution in [1.82, 2.24) is 36.3 Å². The highest BCUT2D eigenvalue weighted by molar-refractivity contribution is 5.86. The highest BCUT2D eigenvalue weighted by Gasteiger charge is 2.43. The number of aliphatic hydroxyl groups is 1. The predicted octanol–water partition coefficient (Wildman–Crippen LogP) is 4.72. The summed E-state index contributed by atoms with van der Waals surface area (Å²) < 4.78 is 4.82. The number of amides is 5. The number of alkyl carbamates (subject to hydrolysis) is 1. The zero-order valence-corrected chi connectivity index (χ0v) is 33.3. The molecule has 1 aliphatic heterocycles. The number of hydrazine groups is 1. The lowest BCUT2D eigenvalue weighted by Gasteiger charge is -2.37. The molecule has 5 amide bonds. The van der Waals surface area contributed by atoms with Crippen LogP contribution in [0.4, 0.5) is 9.59 Å². The van der Waals surface area contributed by atoms with Crippen molar-refractivity contribution in [3.8, 4) is 0 Å². The number of methoxy groups -OCH3 is 1. The van der Waals surface area contributed by atoms with E-state index < -0.39 is 47.6 Å². The smallest absolute Gasteiger partial charge is 0.407 e. The fourth-order valence-corrected chi connectivity index (χ4v) is 7.70. The van der Waals surface area contributed by atoms with Gasteiger partial charge in [-0.3, -0.25) is 20.0 Å². The fraction of sp³-hybridized carbons (Fsp3) is 0.634. The number of benzene rings is 1. The molecule has 0 spiro atoms. The van der Waals surface area contributed by atoms with Crippen LogP contribution in [0.15, 0.2) is 48.5 Å². The van der Waals surface area contributed by atoms with Gasteiger partial charge < -0.3 is 30.7 Å². The van der Waals surface area contributed by atoms with Crippen molar-refractivity contribution in [2.45, 2.75) is 117 Å². The highest BCUT2D eigenvalue weighted by atomic mass is 16.5. The van der Waals surface area contributed by atoms with Gasteiger partial charge in [-0.1, -0.05) is 96.7 Å². The average molecular weight is 750 g/mol. The molecule has 13 heteroatoms. The topological polar surface area (TPSA) is 165 Å². The first-order valence-electron chi connectivity index (χ1n) is 19.6. The number of nitrogens with one attached hydrogen (secondary N) is 4. The van der Waals surface area contributed by atoms with Gasteiger partial charge in [0, 0.05) is 25.3 Å². The van der Waals surface area contributed by atoms with Gasteiger partial charge in [-0.2, -0.15) is 0 Å². The first kappa shape index (κ1) is 42.5. The van der Waals surface area contributed by atoms with Gasteiger partial charge in [0.15, 0.2) is 0 Å². The molecule has 13 nitrogen and oxygen atoms in total. The van der Waals surface area contributed by atoms with E-state index in [4.69, 9.17) is 4.74 Å². The average Bonchev–Trinajstić information content (AvgIpc) is 3.48. The van der Waals surface area contributed by atoms with Gasteiger partial charge in [-0.25, -0.2) is 14.6 Å². The van der Waals surface area contributed by atoms with E-state index in [9.17, 15) is 24.3 Å². The summed E-state index contributed by atoms with van der Waals surface area (Å²) in [4.78, 5) is 60.2. The van der Waals surface area contributed by atoms with Crippen molar-refractivity contribution >= 4 is 23.9 Å². The summed E-state index contributed by atoms with van der Waals surface area (Å²) in [7, 11) is 1.26. The highest BCUT2D eigenvalue weighted by Crippen LogP contribution is 2.29. The van der Waals surface area contributed by atoms with Gasteiger partial charge in [0.2, 0.25) is 5.91 Å². The molecule has 2 heterocycles. The number of ether oxygens (including phenoxy) is 1. The van der Waals surface area contributed by atoms with E-state index in [1.807, 2.05) is 90.1 Å². The van der Waals surface area contributed by atoms with Crippen LogP contribution in [-0.2, 0) is 27.3 Å². The number of rotatable bonds is 17. The normalized spacial score (nSPS) is 19.3. The summed E-state index contributed by atoms with van der Waals surface area (Å²) in [5.74, 6) is -1.00. The second kappa shape index (κ2) is 19.9. The SMILES string of the molecule is CCC(C)C(C(=O)NC(Cc1ccccc1)C(O)CN(CC1CCCCC1)NC(=O)C(NC(=O)OC)C(C)(C)C)C1CNC(=O)N1Cc1cccc(C)n1. The third-order valence-corrected chi connectivity index (χ3v) is 10.9. The Morgan fingerprint density at radius 1 is 1.04 bits per heavy atom. The van der Waals surface area contributed by atoms with E-state index in [0.717, 1.165) is 42.6 Å². The molecule has 1 saturated carbocycles. The van der Waals surface area contributed by atoms with E-state index in [-0.39, 0.29) is 30.9 Å². The Bertz CT molecular complexity index is 1530. The second-order valence-electron chi connectivity index (χ2n) is 16.3. The third-order valence-electron chi connectivity index (χ3n) is 10.9. The molecule has 54 heavy (non-hydrogen) atoms. The number of aliphatic hydroxyl groups excluding tert-OH is 1. The van der Waals surface area contributed by atoms with E-state index in [1.165, 1.54) is 13.5 Å². The molecule has 6 unspecified atom stereocenters. The lowest BCUT2D eigenvalue weighted by molar-refractivity contribution is -0.133. The van der Waals surface area contributed by atoms with Crippen LogP contribution < -0.4 is 21.4 Å². The first-order chi connectivity index (χ1) is 25.7. The Labute approximate surface area is 321 Å². The van der Waals surface area contributed by atoms with Crippen LogP contribution in [0.25, 0.3) is 0 Å². The Morgan fingerprint density at radius 2 is 1.74 bits per heavy atom. The van der Waals surface area contributed by atoms with Gasteiger partial charge in [0.25, 0.3) is 5.91 Å². The lowest BCUT2D eigenvalue weighted by Crippen LogP contribution is -2.60. The zero-order valence-electron chi connectivity index (χ0n) is 33.3. The Balaban J connectivity index is 1.61. The maximum Gasteiger partial charge on any atom is 0.407 e. The van der Waals surface area contributed by atoms with Crippen LogP contribution in [-0.4, -0.2) is 94.9 Å². The van der Waals surface area contributed by atoms with Gasteiger partial charge in [0.05, 0.1) is 43.5 Å². The van der Waals surface area contributed by atoms with Gasteiger partial charge >= 0.3 is 12.1 Å². The number of carbonyl (C=O) groups is 4. The summed E-state index contributed by atoms with van der Waals surface area (Å²) in [5.41, 5.74) is 4.92. The monoisotopic (exact) mass is 749 g/mol. The summed E-state index contributed by atoms with van der Waals surface area (Å²) in [5, 5.41) is 22.7. The van der Waals surface area contributed by atoms with E-state index >= 15 is 0 Å². The molecule has 2 aromatic rings.